The smallest absolute Gasteiger partial charge is 0.248 e. The SMILES string of the molecule is CCc1c(C(N)=O)cccc1-c1ccc(CN2CCOCC2)cc1. The molecule has 126 valence electrons. The molecule has 0 bridgehead atoms. The van der Waals surface area contributed by atoms with Crippen LogP contribution < -0.4 is 5.73 Å². The maximum atomic E-state index is 11.6. The number of rotatable bonds is 5. The predicted molar refractivity (Wildman–Crippen MR) is 95.9 cm³/mol. The zero-order valence-corrected chi connectivity index (χ0v) is 14.1. The number of hydrogen-bond acceptors (Lipinski definition) is 3. The van der Waals surface area contributed by atoms with Crippen LogP contribution in [0.15, 0.2) is 42.5 Å². The third kappa shape index (κ3) is 3.66. The van der Waals surface area contributed by atoms with Gasteiger partial charge >= 0.3 is 0 Å². The molecule has 0 atom stereocenters. The molecule has 0 aliphatic carbocycles. The summed E-state index contributed by atoms with van der Waals surface area (Å²) in [6.45, 7) is 6.62. The van der Waals surface area contributed by atoms with Crippen LogP contribution in [0, 0.1) is 0 Å². The van der Waals surface area contributed by atoms with Gasteiger partial charge in [-0.2, -0.15) is 0 Å². The highest BCUT2D eigenvalue weighted by molar-refractivity contribution is 5.96. The summed E-state index contributed by atoms with van der Waals surface area (Å²) in [6, 6.07) is 14.4. The Morgan fingerprint density at radius 1 is 1.12 bits per heavy atom. The topological polar surface area (TPSA) is 55.6 Å². The highest BCUT2D eigenvalue weighted by Gasteiger charge is 2.13. The number of amides is 1. The molecule has 3 rings (SSSR count). The summed E-state index contributed by atoms with van der Waals surface area (Å²) in [5.41, 5.74) is 10.7. The van der Waals surface area contributed by atoms with Crippen LogP contribution >= 0.6 is 0 Å². The lowest BCUT2D eigenvalue weighted by atomic mass is 9.93. The summed E-state index contributed by atoms with van der Waals surface area (Å²) in [4.78, 5) is 14.1. The molecule has 1 aliphatic heterocycles. The van der Waals surface area contributed by atoms with E-state index in [1.54, 1.807) is 6.07 Å². The van der Waals surface area contributed by atoms with E-state index in [1.165, 1.54) is 5.56 Å². The molecule has 0 spiro atoms. The van der Waals surface area contributed by atoms with Gasteiger partial charge in [-0.05, 0) is 34.7 Å². The second-order valence-electron chi connectivity index (χ2n) is 6.13. The first kappa shape index (κ1) is 16.7. The van der Waals surface area contributed by atoms with Crippen LogP contribution in [0.5, 0.6) is 0 Å². The van der Waals surface area contributed by atoms with Gasteiger partial charge in [0, 0.05) is 25.2 Å². The quantitative estimate of drug-likeness (QED) is 0.920. The Labute approximate surface area is 143 Å². The fourth-order valence-corrected chi connectivity index (χ4v) is 3.28. The average Bonchev–Trinajstić information content (AvgIpc) is 2.62. The molecule has 1 aliphatic rings. The molecule has 24 heavy (non-hydrogen) atoms. The number of carbonyl (C=O) groups excluding carboxylic acids is 1. The number of morpholine rings is 1. The van der Waals surface area contributed by atoms with Crippen LogP contribution in [0.4, 0.5) is 0 Å². The Balaban J connectivity index is 1.83. The van der Waals surface area contributed by atoms with Crippen molar-refractivity contribution < 1.29 is 9.53 Å². The van der Waals surface area contributed by atoms with E-state index in [4.69, 9.17) is 10.5 Å². The summed E-state index contributed by atoms with van der Waals surface area (Å²) >= 11 is 0. The van der Waals surface area contributed by atoms with Crippen molar-refractivity contribution in [2.24, 2.45) is 5.73 Å². The minimum absolute atomic E-state index is 0.363. The lowest BCUT2D eigenvalue weighted by Crippen LogP contribution is -2.35. The van der Waals surface area contributed by atoms with E-state index < -0.39 is 0 Å². The van der Waals surface area contributed by atoms with Gasteiger partial charge in [-0.15, -0.1) is 0 Å². The van der Waals surface area contributed by atoms with Crippen molar-refractivity contribution >= 4 is 5.91 Å². The number of ether oxygens (including phenoxy) is 1. The number of nitrogens with two attached hydrogens (primary N) is 1. The van der Waals surface area contributed by atoms with Gasteiger partial charge in [0.1, 0.15) is 0 Å². The summed E-state index contributed by atoms with van der Waals surface area (Å²) in [7, 11) is 0. The molecule has 2 N–H and O–H groups in total. The third-order valence-corrected chi connectivity index (χ3v) is 4.57. The van der Waals surface area contributed by atoms with Crippen molar-refractivity contribution in [2.75, 3.05) is 26.3 Å². The molecule has 4 heteroatoms. The molecule has 1 saturated heterocycles. The van der Waals surface area contributed by atoms with Gasteiger partial charge in [-0.1, -0.05) is 43.3 Å². The molecule has 2 aromatic rings. The molecule has 0 saturated carbocycles. The number of primary amides is 1. The lowest BCUT2D eigenvalue weighted by Gasteiger charge is -2.26. The molecule has 0 aromatic heterocycles. The van der Waals surface area contributed by atoms with Crippen molar-refractivity contribution in [2.45, 2.75) is 19.9 Å². The van der Waals surface area contributed by atoms with Gasteiger partial charge < -0.3 is 10.5 Å². The van der Waals surface area contributed by atoms with E-state index in [9.17, 15) is 4.79 Å². The van der Waals surface area contributed by atoms with Gasteiger partial charge in [-0.3, -0.25) is 9.69 Å². The van der Waals surface area contributed by atoms with E-state index in [2.05, 4.69) is 42.2 Å². The van der Waals surface area contributed by atoms with Gasteiger partial charge in [0.2, 0.25) is 5.91 Å². The van der Waals surface area contributed by atoms with E-state index in [-0.39, 0.29) is 5.91 Å². The Morgan fingerprint density at radius 2 is 1.83 bits per heavy atom. The van der Waals surface area contributed by atoms with Gasteiger partial charge in [-0.25, -0.2) is 0 Å². The zero-order chi connectivity index (χ0) is 16.9. The zero-order valence-electron chi connectivity index (χ0n) is 14.1. The molecule has 4 nitrogen and oxygen atoms in total. The highest BCUT2D eigenvalue weighted by atomic mass is 16.5. The van der Waals surface area contributed by atoms with Crippen LogP contribution in [-0.4, -0.2) is 37.1 Å². The minimum Gasteiger partial charge on any atom is -0.379 e. The van der Waals surface area contributed by atoms with E-state index in [0.717, 1.165) is 56.0 Å². The normalized spacial score (nSPS) is 15.4. The van der Waals surface area contributed by atoms with E-state index >= 15 is 0 Å². The molecule has 0 radical (unpaired) electrons. The average molecular weight is 324 g/mol. The van der Waals surface area contributed by atoms with E-state index in [1.807, 2.05) is 6.07 Å². The molecule has 0 unspecified atom stereocenters. The number of hydrogen-bond donors (Lipinski definition) is 1. The maximum absolute atomic E-state index is 11.6. The first-order chi connectivity index (χ1) is 11.7. The lowest BCUT2D eigenvalue weighted by molar-refractivity contribution is 0.0342. The first-order valence-electron chi connectivity index (χ1n) is 8.50. The van der Waals surface area contributed by atoms with Crippen LogP contribution in [0.1, 0.15) is 28.4 Å². The molecule has 1 amide bonds. The number of carbonyl (C=O) groups is 1. The summed E-state index contributed by atoms with van der Waals surface area (Å²) in [6.07, 6.45) is 0.782. The monoisotopic (exact) mass is 324 g/mol. The van der Waals surface area contributed by atoms with Crippen molar-refractivity contribution in [3.8, 4) is 11.1 Å². The standard InChI is InChI=1S/C20H24N2O2/c1-2-17-18(4-3-5-19(17)20(21)23)16-8-6-15(7-9-16)14-22-10-12-24-13-11-22/h3-9H,2,10-14H2,1H3,(H2,21,23). The van der Waals surface area contributed by atoms with Crippen molar-refractivity contribution in [3.05, 3.63) is 59.2 Å². The third-order valence-electron chi connectivity index (χ3n) is 4.57. The van der Waals surface area contributed by atoms with E-state index in [0.29, 0.717) is 5.56 Å². The first-order valence-corrected chi connectivity index (χ1v) is 8.50. The van der Waals surface area contributed by atoms with Crippen molar-refractivity contribution in [3.63, 3.8) is 0 Å². The van der Waals surface area contributed by atoms with Gasteiger partial charge in [0.15, 0.2) is 0 Å². The largest absolute Gasteiger partial charge is 0.379 e. The van der Waals surface area contributed by atoms with Crippen LogP contribution in [0.3, 0.4) is 0 Å². The van der Waals surface area contributed by atoms with Crippen molar-refractivity contribution in [1.29, 1.82) is 0 Å². The van der Waals surface area contributed by atoms with Crippen molar-refractivity contribution in [1.82, 2.24) is 4.90 Å². The highest BCUT2D eigenvalue weighted by Crippen LogP contribution is 2.27. The van der Waals surface area contributed by atoms with Crippen LogP contribution in [-0.2, 0) is 17.7 Å². The van der Waals surface area contributed by atoms with Gasteiger partial charge in [0.25, 0.3) is 0 Å². The Hall–Kier alpha value is -2.17. The van der Waals surface area contributed by atoms with Crippen LogP contribution in [0.2, 0.25) is 0 Å². The minimum atomic E-state index is -0.363. The Morgan fingerprint density at radius 3 is 2.46 bits per heavy atom. The second kappa shape index (κ2) is 7.60. The Kier molecular flexibility index (Phi) is 5.28. The molecule has 2 aromatic carbocycles. The number of benzene rings is 2. The molecular weight excluding hydrogens is 300 g/mol. The maximum Gasteiger partial charge on any atom is 0.248 e. The fraction of sp³-hybridized carbons (Fsp3) is 0.350. The van der Waals surface area contributed by atoms with Gasteiger partial charge in [0.05, 0.1) is 13.2 Å². The molecular formula is C20H24N2O2. The molecule has 1 fully saturated rings. The molecule has 1 heterocycles. The Bertz CT molecular complexity index is 704. The summed E-state index contributed by atoms with van der Waals surface area (Å²) in [5, 5.41) is 0. The second-order valence-corrected chi connectivity index (χ2v) is 6.13. The fourth-order valence-electron chi connectivity index (χ4n) is 3.28. The predicted octanol–water partition coefficient (Wildman–Crippen LogP) is 2.85. The number of nitrogens with zero attached hydrogens (tertiary/aromatic N) is 1. The summed E-state index contributed by atoms with van der Waals surface area (Å²) < 4.78 is 5.39. The van der Waals surface area contributed by atoms with Crippen LogP contribution in [0.25, 0.3) is 11.1 Å². The summed E-state index contributed by atoms with van der Waals surface area (Å²) in [5.74, 6) is -0.363.